The summed E-state index contributed by atoms with van der Waals surface area (Å²) in [6, 6.07) is 9.34. The third-order valence-corrected chi connectivity index (χ3v) is 2.93. The largest absolute Gasteiger partial charge is 0.466 e. The Morgan fingerprint density at radius 3 is 2.76 bits per heavy atom. The van der Waals surface area contributed by atoms with E-state index in [1.165, 1.54) is 0 Å². The van der Waals surface area contributed by atoms with E-state index in [1.54, 1.807) is 6.92 Å². The van der Waals surface area contributed by atoms with Gasteiger partial charge in [0.1, 0.15) is 0 Å². The first-order valence-electron chi connectivity index (χ1n) is 5.73. The molecule has 1 saturated heterocycles. The van der Waals surface area contributed by atoms with Crippen LogP contribution in [0.15, 0.2) is 30.3 Å². The SMILES string of the molecule is CCOC(=O)[C@@H]1CNC(=O)[C@@H]1c1ccccc1. The highest BCUT2D eigenvalue weighted by Crippen LogP contribution is 2.29. The summed E-state index contributed by atoms with van der Waals surface area (Å²) in [7, 11) is 0. The highest BCUT2D eigenvalue weighted by molar-refractivity contribution is 5.93. The zero-order chi connectivity index (χ0) is 12.3. The number of amides is 1. The second-order valence-corrected chi connectivity index (χ2v) is 3.99. The van der Waals surface area contributed by atoms with Crippen LogP contribution in [0.4, 0.5) is 0 Å². The number of carbonyl (C=O) groups is 2. The number of hydrogen-bond acceptors (Lipinski definition) is 3. The van der Waals surface area contributed by atoms with Crippen LogP contribution in [0.1, 0.15) is 18.4 Å². The predicted octanol–water partition coefficient (Wildman–Crippen LogP) is 1.08. The lowest BCUT2D eigenvalue weighted by Crippen LogP contribution is -2.24. The maximum absolute atomic E-state index is 11.8. The van der Waals surface area contributed by atoms with Gasteiger partial charge in [0, 0.05) is 6.54 Å². The molecule has 1 heterocycles. The summed E-state index contributed by atoms with van der Waals surface area (Å²) in [6.45, 7) is 2.46. The first-order chi connectivity index (χ1) is 8.24. The van der Waals surface area contributed by atoms with Crippen LogP contribution in [-0.2, 0) is 14.3 Å². The second-order valence-electron chi connectivity index (χ2n) is 3.99. The zero-order valence-corrected chi connectivity index (χ0v) is 9.68. The third-order valence-electron chi connectivity index (χ3n) is 2.93. The molecule has 17 heavy (non-hydrogen) atoms. The molecule has 0 bridgehead atoms. The normalized spacial score (nSPS) is 23.2. The molecule has 1 aromatic carbocycles. The Kier molecular flexibility index (Phi) is 3.42. The molecule has 4 heteroatoms. The van der Waals surface area contributed by atoms with Gasteiger partial charge in [-0.05, 0) is 12.5 Å². The Balaban J connectivity index is 2.23. The van der Waals surface area contributed by atoms with Gasteiger partial charge in [0.2, 0.25) is 5.91 Å². The summed E-state index contributed by atoms with van der Waals surface area (Å²) in [4.78, 5) is 23.5. The van der Waals surface area contributed by atoms with Crippen LogP contribution in [0.5, 0.6) is 0 Å². The predicted molar refractivity (Wildman–Crippen MR) is 62.3 cm³/mol. The molecule has 1 aromatic rings. The Morgan fingerprint density at radius 1 is 1.41 bits per heavy atom. The molecule has 0 saturated carbocycles. The lowest BCUT2D eigenvalue weighted by atomic mass is 9.88. The molecule has 0 spiro atoms. The van der Waals surface area contributed by atoms with E-state index in [4.69, 9.17) is 4.74 Å². The first kappa shape index (κ1) is 11.6. The molecule has 1 aliphatic rings. The van der Waals surface area contributed by atoms with Crippen molar-refractivity contribution < 1.29 is 14.3 Å². The fraction of sp³-hybridized carbons (Fsp3) is 0.385. The molecular weight excluding hydrogens is 218 g/mol. The van der Waals surface area contributed by atoms with Crippen LogP contribution < -0.4 is 5.32 Å². The number of nitrogens with one attached hydrogen (secondary N) is 1. The van der Waals surface area contributed by atoms with Crippen molar-refractivity contribution in [1.29, 1.82) is 0 Å². The minimum absolute atomic E-state index is 0.103. The number of hydrogen-bond donors (Lipinski definition) is 1. The molecule has 1 N–H and O–H groups in total. The van der Waals surface area contributed by atoms with Gasteiger partial charge in [-0.25, -0.2) is 0 Å². The Hall–Kier alpha value is -1.84. The monoisotopic (exact) mass is 233 g/mol. The van der Waals surface area contributed by atoms with Gasteiger partial charge in [0.25, 0.3) is 0 Å². The van der Waals surface area contributed by atoms with Gasteiger partial charge in [0.05, 0.1) is 18.4 Å². The van der Waals surface area contributed by atoms with Crippen molar-refractivity contribution in [3.8, 4) is 0 Å². The standard InChI is InChI=1S/C13H15NO3/c1-2-17-13(16)10-8-14-12(15)11(10)9-6-4-3-5-7-9/h3-7,10-11H,2,8H2,1H3,(H,14,15)/t10-,11-/m1/s1. The van der Waals surface area contributed by atoms with Gasteiger partial charge in [-0.15, -0.1) is 0 Å². The topological polar surface area (TPSA) is 55.4 Å². The molecule has 1 fully saturated rings. The zero-order valence-electron chi connectivity index (χ0n) is 9.68. The summed E-state index contributed by atoms with van der Waals surface area (Å²) in [5.74, 6) is -1.24. The van der Waals surface area contributed by atoms with Gasteiger partial charge < -0.3 is 10.1 Å². The Bertz CT molecular complexity index is 416. The molecule has 0 radical (unpaired) electrons. The van der Waals surface area contributed by atoms with Crippen molar-refractivity contribution in [3.05, 3.63) is 35.9 Å². The first-order valence-corrected chi connectivity index (χ1v) is 5.73. The minimum atomic E-state index is -0.421. The summed E-state index contributed by atoms with van der Waals surface area (Å²) in [6.07, 6.45) is 0. The van der Waals surface area contributed by atoms with E-state index in [0.29, 0.717) is 13.2 Å². The van der Waals surface area contributed by atoms with Crippen molar-refractivity contribution >= 4 is 11.9 Å². The van der Waals surface area contributed by atoms with Gasteiger partial charge in [-0.1, -0.05) is 30.3 Å². The second kappa shape index (κ2) is 4.99. The van der Waals surface area contributed by atoms with Gasteiger partial charge in [-0.3, -0.25) is 9.59 Å². The van der Waals surface area contributed by atoms with E-state index in [-0.39, 0.29) is 11.9 Å². The molecule has 2 atom stereocenters. The number of benzene rings is 1. The van der Waals surface area contributed by atoms with Gasteiger partial charge in [0.15, 0.2) is 0 Å². The summed E-state index contributed by atoms with van der Waals surface area (Å²) in [5.41, 5.74) is 0.862. The average Bonchev–Trinajstić information content (AvgIpc) is 2.73. The molecule has 2 rings (SSSR count). The van der Waals surface area contributed by atoms with Gasteiger partial charge in [-0.2, -0.15) is 0 Å². The Labute approximate surface area is 100.0 Å². The number of carbonyl (C=O) groups excluding carboxylic acids is 2. The molecule has 1 aliphatic heterocycles. The summed E-state index contributed by atoms with van der Waals surface area (Å²) >= 11 is 0. The molecule has 1 amide bonds. The number of rotatable bonds is 3. The fourth-order valence-electron chi connectivity index (χ4n) is 2.13. The average molecular weight is 233 g/mol. The van der Waals surface area contributed by atoms with Crippen molar-refractivity contribution in [2.75, 3.05) is 13.2 Å². The fourth-order valence-corrected chi connectivity index (χ4v) is 2.13. The van der Waals surface area contributed by atoms with Crippen molar-refractivity contribution in [3.63, 3.8) is 0 Å². The van der Waals surface area contributed by atoms with Crippen LogP contribution >= 0.6 is 0 Å². The van der Waals surface area contributed by atoms with E-state index in [9.17, 15) is 9.59 Å². The Morgan fingerprint density at radius 2 is 2.12 bits per heavy atom. The van der Waals surface area contributed by atoms with E-state index in [1.807, 2.05) is 30.3 Å². The number of esters is 1. The summed E-state index contributed by atoms with van der Waals surface area (Å²) < 4.78 is 4.99. The highest BCUT2D eigenvalue weighted by atomic mass is 16.5. The maximum Gasteiger partial charge on any atom is 0.311 e. The quantitative estimate of drug-likeness (QED) is 0.795. The van der Waals surface area contributed by atoms with Crippen LogP contribution in [0.2, 0.25) is 0 Å². The maximum atomic E-state index is 11.8. The highest BCUT2D eigenvalue weighted by Gasteiger charge is 2.41. The molecule has 0 unspecified atom stereocenters. The van der Waals surface area contributed by atoms with Crippen LogP contribution in [0.3, 0.4) is 0 Å². The van der Waals surface area contributed by atoms with Crippen LogP contribution in [0.25, 0.3) is 0 Å². The van der Waals surface area contributed by atoms with Crippen molar-refractivity contribution in [1.82, 2.24) is 5.32 Å². The van der Waals surface area contributed by atoms with Gasteiger partial charge >= 0.3 is 5.97 Å². The number of ether oxygens (including phenoxy) is 1. The van der Waals surface area contributed by atoms with Crippen molar-refractivity contribution in [2.45, 2.75) is 12.8 Å². The molecule has 0 aromatic heterocycles. The van der Waals surface area contributed by atoms with Crippen molar-refractivity contribution in [2.24, 2.45) is 5.92 Å². The third kappa shape index (κ3) is 2.30. The van der Waals surface area contributed by atoms with E-state index >= 15 is 0 Å². The minimum Gasteiger partial charge on any atom is -0.466 e. The molecular formula is C13H15NO3. The van der Waals surface area contributed by atoms with Crippen LogP contribution in [-0.4, -0.2) is 25.0 Å². The van der Waals surface area contributed by atoms with E-state index < -0.39 is 11.8 Å². The molecule has 4 nitrogen and oxygen atoms in total. The lowest BCUT2D eigenvalue weighted by molar-refractivity contribution is -0.148. The lowest BCUT2D eigenvalue weighted by Gasteiger charge is -2.15. The van der Waals surface area contributed by atoms with E-state index in [2.05, 4.69) is 5.32 Å². The smallest absolute Gasteiger partial charge is 0.311 e. The van der Waals surface area contributed by atoms with Crippen LogP contribution in [0, 0.1) is 5.92 Å². The summed E-state index contributed by atoms with van der Waals surface area (Å²) in [5, 5.41) is 2.72. The molecule has 90 valence electrons. The molecule has 0 aliphatic carbocycles. The van der Waals surface area contributed by atoms with E-state index in [0.717, 1.165) is 5.56 Å².